The number of nitrogens with one attached hydrogen (secondary N) is 1. The SMILES string of the molecule is CCCc1cc(C(=O)OCC)ccc1OCCCNc1cnn(C(C)C)c(=O)c1Cl. The average Bonchev–Trinajstić information content (AvgIpc) is 2.71. The van der Waals surface area contributed by atoms with E-state index in [4.69, 9.17) is 21.1 Å². The zero-order chi connectivity index (χ0) is 22.1. The minimum atomic E-state index is -0.324. The monoisotopic (exact) mass is 435 g/mol. The molecule has 0 saturated heterocycles. The third-order valence-corrected chi connectivity index (χ3v) is 4.78. The number of aromatic nitrogens is 2. The number of hydrogen-bond donors (Lipinski definition) is 1. The van der Waals surface area contributed by atoms with Crippen molar-refractivity contribution in [1.82, 2.24) is 9.78 Å². The minimum absolute atomic E-state index is 0.0509. The van der Waals surface area contributed by atoms with Gasteiger partial charge in [0.2, 0.25) is 0 Å². The van der Waals surface area contributed by atoms with E-state index in [0.717, 1.165) is 24.2 Å². The van der Waals surface area contributed by atoms with Crippen molar-refractivity contribution in [3.05, 3.63) is 50.9 Å². The zero-order valence-corrected chi connectivity index (χ0v) is 18.8. The molecule has 1 N–H and O–H groups in total. The van der Waals surface area contributed by atoms with Crippen molar-refractivity contribution in [2.75, 3.05) is 25.1 Å². The molecule has 7 nitrogen and oxygen atoms in total. The van der Waals surface area contributed by atoms with E-state index in [1.165, 1.54) is 4.68 Å². The highest BCUT2D eigenvalue weighted by Gasteiger charge is 2.12. The van der Waals surface area contributed by atoms with Gasteiger partial charge in [-0.05, 0) is 57.4 Å². The van der Waals surface area contributed by atoms with Crippen LogP contribution in [0, 0.1) is 0 Å². The second-order valence-corrected chi connectivity index (χ2v) is 7.52. The summed E-state index contributed by atoms with van der Waals surface area (Å²) in [6.45, 7) is 9.03. The molecule has 0 aliphatic rings. The van der Waals surface area contributed by atoms with Crippen molar-refractivity contribution in [2.45, 2.75) is 53.0 Å². The quantitative estimate of drug-likeness (QED) is 0.413. The molecule has 30 heavy (non-hydrogen) atoms. The maximum absolute atomic E-state index is 12.2. The Hall–Kier alpha value is -2.54. The molecule has 164 valence electrons. The van der Waals surface area contributed by atoms with Gasteiger partial charge in [-0.1, -0.05) is 24.9 Å². The Morgan fingerprint density at radius 1 is 1.30 bits per heavy atom. The lowest BCUT2D eigenvalue weighted by atomic mass is 10.1. The summed E-state index contributed by atoms with van der Waals surface area (Å²) in [4.78, 5) is 24.1. The predicted molar refractivity (Wildman–Crippen MR) is 119 cm³/mol. The summed E-state index contributed by atoms with van der Waals surface area (Å²) < 4.78 is 12.3. The molecule has 0 atom stereocenters. The third-order valence-electron chi connectivity index (χ3n) is 4.42. The number of aryl methyl sites for hydroxylation is 1. The number of rotatable bonds is 11. The number of anilines is 1. The second-order valence-electron chi connectivity index (χ2n) is 7.14. The molecule has 1 aromatic carbocycles. The van der Waals surface area contributed by atoms with Crippen LogP contribution in [0.1, 0.15) is 62.5 Å². The number of hydrogen-bond acceptors (Lipinski definition) is 6. The van der Waals surface area contributed by atoms with Crippen molar-refractivity contribution >= 4 is 23.3 Å². The molecule has 2 rings (SSSR count). The standard InChI is InChI=1S/C22H30ClN3O4/c1-5-8-16-13-17(22(28)29-6-2)9-10-19(16)30-12-7-11-24-18-14-25-26(15(3)4)21(27)20(18)23/h9-10,13-15,24H,5-8,11-12H2,1-4H3. The van der Waals surface area contributed by atoms with Crippen molar-refractivity contribution in [1.29, 1.82) is 0 Å². The summed E-state index contributed by atoms with van der Waals surface area (Å²) in [5.41, 5.74) is 1.73. The van der Waals surface area contributed by atoms with E-state index < -0.39 is 0 Å². The van der Waals surface area contributed by atoms with Crippen LogP contribution in [0.25, 0.3) is 0 Å². The Kier molecular flexibility index (Phi) is 9.17. The lowest BCUT2D eigenvalue weighted by Crippen LogP contribution is -2.26. The summed E-state index contributed by atoms with van der Waals surface area (Å²) in [5, 5.41) is 7.41. The topological polar surface area (TPSA) is 82.4 Å². The Labute approximate surface area is 182 Å². The Bertz CT molecular complexity index is 912. The molecule has 0 aliphatic carbocycles. The lowest BCUT2D eigenvalue weighted by Gasteiger charge is -2.14. The molecule has 0 radical (unpaired) electrons. The van der Waals surface area contributed by atoms with Gasteiger partial charge in [0.05, 0.1) is 36.7 Å². The number of carbonyl (C=O) groups is 1. The van der Waals surface area contributed by atoms with E-state index in [1.54, 1.807) is 19.2 Å². The summed E-state index contributed by atoms with van der Waals surface area (Å²) in [6.07, 6.45) is 4.03. The van der Waals surface area contributed by atoms with Crippen LogP contribution in [0.3, 0.4) is 0 Å². The van der Waals surface area contributed by atoms with E-state index in [9.17, 15) is 9.59 Å². The second kappa shape index (κ2) is 11.6. The third kappa shape index (κ3) is 6.23. The van der Waals surface area contributed by atoms with Crippen LogP contribution in [-0.4, -0.2) is 35.5 Å². The number of carbonyl (C=O) groups excluding carboxylic acids is 1. The largest absolute Gasteiger partial charge is 0.493 e. The summed E-state index contributed by atoms with van der Waals surface area (Å²) in [7, 11) is 0. The van der Waals surface area contributed by atoms with Gasteiger partial charge < -0.3 is 14.8 Å². The highest BCUT2D eigenvalue weighted by Crippen LogP contribution is 2.23. The average molecular weight is 436 g/mol. The van der Waals surface area contributed by atoms with Crippen LogP contribution < -0.4 is 15.6 Å². The molecular weight excluding hydrogens is 406 g/mol. The number of benzene rings is 1. The van der Waals surface area contributed by atoms with Crippen LogP contribution in [0.4, 0.5) is 5.69 Å². The molecule has 1 heterocycles. The predicted octanol–water partition coefficient (Wildman–Crippen LogP) is 4.49. The summed E-state index contributed by atoms with van der Waals surface area (Å²) in [5.74, 6) is 0.444. The van der Waals surface area contributed by atoms with Crippen LogP contribution in [-0.2, 0) is 11.2 Å². The van der Waals surface area contributed by atoms with E-state index in [1.807, 2.05) is 26.0 Å². The first-order valence-corrected chi connectivity index (χ1v) is 10.7. The van der Waals surface area contributed by atoms with E-state index >= 15 is 0 Å². The minimum Gasteiger partial charge on any atom is -0.493 e. The van der Waals surface area contributed by atoms with E-state index in [0.29, 0.717) is 37.4 Å². The van der Waals surface area contributed by atoms with Gasteiger partial charge in [-0.2, -0.15) is 5.10 Å². The maximum atomic E-state index is 12.2. The fourth-order valence-electron chi connectivity index (χ4n) is 2.94. The molecule has 0 amide bonds. The van der Waals surface area contributed by atoms with Crippen molar-refractivity contribution in [2.24, 2.45) is 0 Å². The Morgan fingerprint density at radius 2 is 2.07 bits per heavy atom. The molecule has 1 aromatic heterocycles. The first-order chi connectivity index (χ1) is 14.4. The van der Waals surface area contributed by atoms with Crippen LogP contribution in [0.15, 0.2) is 29.2 Å². The molecule has 2 aromatic rings. The highest BCUT2D eigenvalue weighted by atomic mass is 35.5. The normalized spacial score (nSPS) is 10.9. The van der Waals surface area contributed by atoms with Gasteiger partial charge in [0, 0.05) is 6.54 Å². The lowest BCUT2D eigenvalue weighted by molar-refractivity contribution is 0.0526. The van der Waals surface area contributed by atoms with Gasteiger partial charge in [-0.15, -0.1) is 0 Å². The van der Waals surface area contributed by atoms with E-state index in [-0.39, 0.29) is 22.6 Å². The number of ether oxygens (including phenoxy) is 2. The van der Waals surface area contributed by atoms with Gasteiger partial charge in [-0.3, -0.25) is 4.79 Å². The van der Waals surface area contributed by atoms with Gasteiger partial charge in [-0.25, -0.2) is 9.48 Å². The van der Waals surface area contributed by atoms with Gasteiger partial charge in [0.25, 0.3) is 5.56 Å². The van der Waals surface area contributed by atoms with Crippen molar-refractivity contribution < 1.29 is 14.3 Å². The Morgan fingerprint density at radius 3 is 2.73 bits per heavy atom. The fourth-order valence-corrected chi connectivity index (χ4v) is 3.14. The highest BCUT2D eigenvalue weighted by molar-refractivity contribution is 6.32. The smallest absolute Gasteiger partial charge is 0.338 e. The summed E-state index contributed by atoms with van der Waals surface area (Å²) in [6, 6.07) is 5.33. The first kappa shape index (κ1) is 23.7. The molecule has 0 aliphatic heterocycles. The number of halogens is 1. The van der Waals surface area contributed by atoms with Gasteiger partial charge in [0.15, 0.2) is 0 Å². The Balaban J connectivity index is 1.92. The maximum Gasteiger partial charge on any atom is 0.338 e. The van der Waals surface area contributed by atoms with Crippen LogP contribution in [0.5, 0.6) is 5.75 Å². The van der Waals surface area contributed by atoms with Gasteiger partial charge in [0.1, 0.15) is 10.8 Å². The summed E-state index contributed by atoms with van der Waals surface area (Å²) >= 11 is 6.16. The van der Waals surface area contributed by atoms with Gasteiger partial charge >= 0.3 is 5.97 Å². The van der Waals surface area contributed by atoms with Crippen molar-refractivity contribution in [3.63, 3.8) is 0 Å². The molecule has 0 bridgehead atoms. The number of nitrogens with zero attached hydrogens (tertiary/aromatic N) is 2. The molecular formula is C22H30ClN3O4. The molecule has 0 saturated carbocycles. The van der Waals surface area contributed by atoms with Crippen LogP contribution >= 0.6 is 11.6 Å². The molecule has 0 spiro atoms. The van der Waals surface area contributed by atoms with Crippen LogP contribution in [0.2, 0.25) is 5.02 Å². The fraction of sp³-hybridized carbons (Fsp3) is 0.500. The molecule has 8 heteroatoms. The first-order valence-electron chi connectivity index (χ1n) is 10.3. The number of esters is 1. The molecule has 0 fully saturated rings. The van der Waals surface area contributed by atoms with Crippen molar-refractivity contribution in [3.8, 4) is 5.75 Å². The van der Waals surface area contributed by atoms with E-state index in [2.05, 4.69) is 17.3 Å². The zero-order valence-electron chi connectivity index (χ0n) is 18.0. The molecule has 0 unspecified atom stereocenters.